The summed E-state index contributed by atoms with van der Waals surface area (Å²) in [7, 11) is 1.60. The predicted octanol–water partition coefficient (Wildman–Crippen LogP) is 3.83. The van der Waals surface area contributed by atoms with Crippen LogP contribution in [0.5, 0.6) is 5.75 Å². The van der Waals surface area contributed by atoms with E-state index in [1.807, 2.05) is 0 Å². The zero-order valence-electron chi connectivity index (χ0n) is 15.8. The van der Waals surface area contributed by atoms with Crippen molar-refractivity contribution in [1.29, 1.82) is 0 Å². The maximum absolute atomic E-state index is 12.6. The van der Waals surface area contributed by atoms with Gasteiger partial charge in [-0.2, -0.15) is 0 Å². The fourth-order valence-corrected chi connectivity index (χ4v) is 4.91. The van der Waals surface area contributed by atoms with Crippen LogP contribution < -0.4 is 15.6 Å². The quantitative estimate of drug-likeness (QED) is 0.641. The third-order valence-corrected chi connectivity index (χ3v) is 6.27. The lowest BCUT2D eigenvalue weighted by atomic mass is 10.1. The third kappa shape index (κ3) is 3.94. The predicted molar refractivity (Wildman–Crippen MR) is 111 cm³/mol. The van der Waals surface area contributed by atoms with Crippen molar-refractivity contribution in [2.24, 2.45) is 0 Å². The van der Waals surface area contributed by atoms with Crippen molar-refractivity contribution in [2.75, 3.05) is 12.4 Å². The fourth-order valence-electron chi connectivity index (χ4n) is 3.63. The molecule has 0 bridgehead atoms. The number of aromatic amines is 1. The van der Waals surface area contributed by atoms with Crippen molar-refractivity contribution in [2.45, 2.75) is 44.9 Å². The normalized spacial score (nSPS) is 13.8. The first-order chi connectivity index (χ1) is 13.6. The van der Waals surface area contributed by atoms with E-state index < -0.39 is 0 Å². The summed E-state index contributed by atoms with van der Waals surface area (Å²) in [6.07, 6.45) is 6.18. The van der Waals surface area contributed by atoms with Gasteiger partial charge in [0.1, 0.15) is 16.4 Å². The molecule has 6 nitrogen and oxygen atoms in total. The standard InChI is InChI=1S/C21H23N3O3S/c1-27-14-9-7-13(8-10-14)22-18(25)12-11-17-23-20(26)19-15-5-3-2-4-6-16(15)28-21(19)24-17/h7-10H,2-6,11-12H2,1H3,(H,22,25)(H,23,24,26). The molecule has 1 aliphatic rings. The zero-order chi connectivity index (χ0) is 19.5. The number of methoxy groups -OCH3 is 1. The molecule has 1 aromatic carbocycles. The van der Waals surface area contributed by atoms with Crippen LogP contribution in [0.3, 0.4) is 0 Å². The van der Waals surface area contributed by atoms with Gasteiger partial charge in [-0.1, -0.05) is 6.42 Å². The fraction of sp³-hybridized carbons (Fsp3) is 0.381. The molecular formula is C21H23N3O3S. The molecule has 0 fully saturated rings. The van der Waals surface area contributed by atoms with Crippen LogP contribution in [0.15, 0.2) is 29.1 Å². The van der Waals surface area contributed by atoms with Gasteiger partial charge in [-0.25, -0.2) is 4.98 Å². The van der Waals surface area contributed by atoms with E-state index in [-0.39, 0.29) is 17.9 Å². The number of hydrogen-bond acceptors (Lipinski definition) is 5. The number of amides is 1. The summed E-state index contributed by atoms with van der Waals surface area (Å²) >= 11 is 1.64. The minimum atomic E-state index is -0.116. The number of benzene rings is 1. The highest BCUT2D eigenvalue weighted by atomic mass is 32.1. The van der Waals surface area contributed by atoms with Crippen molar-refractivity contribution in [1.82, 2.24) is 9.97 Å². The van der Waals surface area contributed by atoms with Gasteiger partial charge in [-0.15, -0.1) is 11.3 Å². The van der Waals surface area contributed by atoms with Crippen molar-refractivity contribution in [3.8, 4) is 5.75 Å². The van der Waals surface area contributed by atoms with Crippen LogP contribution in [0.2, 0.25) is 0 Å². The summed E-state index contributed by atoms with van der Waals surface area (Å²) in [4.78, 5) is 34.5. The number of carbonyl (C=O) groups excluding carboxylic acids is 1. The number of thiophene rings is 1. The van der Waals surface area contributed by atoms with Gasteiger partial charge in [0.05, 0.1) is 12.5 Å². The van der Waals surface area contributed by atoms with E-state index >= 15 is 0 Å². The maximum Gasteiger partial charge on any atom is 0.259 e. The summed E-state index contributed by atoms with van der Waals surface area (Å²) in [6.45, 7) is 0. The molecule has 146 valence electrons. The van der Waals surface area contributed by atoms with Crippen molar-refractivity contribution in [3.05, 3.63) is 50.9 Å². The Morgan fingerprint density at radius 1 is 1.21 bits per heavy atom. The third-order valence-electron chi connectivity index (χ3n) is 5.09. The smallest absolute Gasteiger partial charge is 0.259 e. The van der Waals surface area contributed by atoms with Crippen molar-refractivity contribution in [3.63, 3.8) is 0 Å². The van der Waals surface area contributed by atoms with Crippen LogP contribution in [0, 0.1) is 0 Å². The number of ether oxygens (including phenoxy) is 1. The van der Waals surface area contributed by atoms with Gasteiger partial charge >= 0.3 is 0 Å². The summed E-state index contributed by atoms with van der Waals surface area (Å²) in [5.41, 5.74) is 1.83. The Labute approximate surface area is 167 Å². The second-order valence-corrected chi connectivity index (χ2v) is 8.12. The van der Waals surface area contributed by atoms with E-state index in [1.165, 1.54) is 23.3 Å². The molecule has 28 heavy (non-hydrogen) atoms. The minimum Gasteiger partial charge on any atom is -0.497 e. The number of nitrogens with zero attached hydrogens (tertiary/aromatic N) is 1. The molecule has 0 unspecified atom stereocenters. The monoisotopic (exact) mass is 397 g/mol. The average Bonchev–Trinajstić information content (AvgIpc) is 2.89. The Kier molecular flexibility index (Phi) is 5.43. The number of fused-ring (bicyclic) bond motifs is 3. The molecule has 0 spiro atoms. The minimum absolute atomic E-state index is 0.0741. The number of anilines is 1. The van der Waals surface area contributed by atoms with Crippen LogP contribution in [-0.2, 0) is 24.1 Å². The van der Waals surface area contributed by atoms with Gasteiger partial charge < -0.3 is 15.0 Å². The van der Waals surface area contributed by atoms with Crippen LogP contribution >= 0.6 is 11.3 Å². The Balaban J connectivity index is 1.46. The summed E-state index contributed by atoms with van der Waals surface area (Å²) < 4.78 is 5.11. The van der Waals surface area contributed by atoms with E-state index in [0.717, 1.165) is 35.2 Å². The lowest BCUT2D eigenvalue weighted by Crippen LogP contribution is -2.16. The number of carbonyl (C=O) groups is 1. The molecule has 0 saturated carbocycles. The highest BCUT2D eigenvalue weighted by Gasteiger charge is 2.19. The first kappa shape index (κ1) is 18.7. The van der Waals surface area contributed by atoms with E-state index in [2.05, 4.69) is 15.3 Å². The molecule has 0 radical (unpaired) electrons. The molecule has 4 rings (SSSR count). The van der Waals surface area contributed by atoms with Crippen LogP contribution in [0.1, 0.15) is 41.9 Å². The SMILES string of the molecule is COc1ccc(NC(=O)CCc2nc3sc4c(c3c(=O)[nH]2)CCCCC4)cc1. The first-order valence-electron chi connectivity index (χ1n) is 9.61. The van der Waals surface area contributed by atoms with E-state index in [9.17, 15) is 9.59 Å². The Hall–Kier alpha value is -2.67. The molecule has 0 aliphatic heterocycles. The van der Waals surface area contributed by atoms with Crippen molar-refractivity contribution >= 4 is 33.1 Å². The lowest BCUT2D eigenvalue weighted by Gasteiger charge is -2.06. The average molecular weight is 398 g/mol. The lowest BCUT2D eigenvalue weighted by molar-refractivity contribution is -0.116. The van der Waals surface area contributed by atoms with Gasteiger partial charge in [0, 0.05) is 23.4 Å². The molecule has 0 atom stereocenters. The second kappa shape index (κ2) is 8.14. The number of H-pyrrole nitrogens is 1. The molecular weight excluding hydrogens is 374 g/mol. The van der Waals surface area contributed by atoms with E-state index in [4.69, 9.17) is 4.74 Å². The van der Waals surface area contributed by atoms with Gasteiger partial charge in [-0.3, -0.25) is 9.59 Å². The van der Waals surface area contributed by atoms with Gasteiger partial charge in [0.15, 0.2) is 0 Å². The highest BCUT2D eigenvalue weighted by Crippen LogP contribution is 2.32. The Bertz CT molecular complexity index is 1050. The van der Waals surface area contributed by atoms with Crippen LogP contribution in [0.25, 0.3) is 10.2 Å². The molecule has 2 aromatic heterocycles. The number of aromatic nitrogens is 2. The molecule has 0 saturated heterocycles. The Morgan fingerprint density at radius 3 is 2.79 bits per heavy atom. The summed E-state index contributed by atoms with van der Waals surface area (Å²) in [5.74, 6) is 1.19. The van der Waals surface area contributed by atoms with E-state index in [0.29, 0.717) is 17.9 Å². The molecule has 2 heterocycles. The molecule has 2 N–H and O–H groups in total. The number of nitrogens with one attached hydrogen (secondary N) is 2. The van der Waals surface area contributed by atoms with Gasteiger partial charge in [-0.05, 0) is 55.5 Å². The highest BCUT2D eigenvalue weighted by molar-refractivity contribution is 7.18. The second-order valence-electron chi connectivity index (χ2n) is 7.03. The number of hydrogen-bond donors (Lipinski definition) is 2. The van der Waals surface area contributed by atoms with Crippen LogP contribution in [0.4, 0.5) is 5.69 Å². The topological polar surface area (TPSA) is 84.1 Å². The van der Waals surface area contributed by atoms with Gasteiger partial charge in [0.2, 0.25) is 5.91 Å². The molecule has 1 aliphatic carbocycles. The molecule has 7 heteroatoms. The first-order valence-corrected chi connectivity index (χ1v) is 10.4. The zero-order valence-corrected chi connectivity index (χ0v) is 16.7. The Morgan fingerprint density at radius 2 is 2.00 bits per heavy atom. The van der Waals surface area contributed by atoms with Gasteiger partial charge in [0.25, 0.3) is 5.56 Å². The number of rotatable bonds is 5. The van der Waals surface area contributed by atoms with Crippen LogP contribution in [-0.4, -0.2) is 23.0 Å². The van der Waals surface area contributed by atoms with E-state index in [1.54, 1.807) is 42.7 Å². The van der Waals surface area contributed by atoms with Crippen molar-refractivity contribution < 1.29 is 9.53 Å². The molecule has 1 amide bonds. The maximum atomic E-state index is 12.6. The summed E-state index contributed by atoms with van der Waals surface area (Å²) in [5, 5.41) is 3.61. The molecule has 3 aromatic rings. The largest absolute Gasteiger partial charge is 0.497 e. The summed E-state index contributed by atoms with van der Waals surface area (Å²) in [6, 6.07) is 7.18. The number of aryl methyl sites for hydroxylation is 3.